The monoisotopic (exact) mass is 277 g/mol. The maximum Gasteiger partial charge on any atom is 0.360 e. The standard InChI is InChI=1S/C14H15NO5/c1-4-19-14(16)11-8-13(20-15-11)10-6-5-9(17-2)7-12(10)18-3/h5-8H,4H2,1-3H3. The largest absolute Gasteiger partial charge is 0.497 e. The van der Waals surface area contributed by atoms with Gasteiger partial charge in [0.15, 0.2) is 11.5 Å². The lowest BCUT2D eigenvalue weighted by atomic mass is 10.1. The molecule has 0 aliphatic heterocycles. The Morgan fingerprint density at radius 2 is 2.05 bits per heavy atom. The molecule has 0 fully saturated rings. The van der Waals surface area contributed by atoms with Gasteiger partial charge in [-0.2, -0.15) is 0 Å². The summed E-state index contributed by atoms with van der Waals surface area (Å²) in [6, 6.07) is 6.78. The van der Waals surface area contributed by atoms with Crippen molar-refractivity contribution in [1.82, 2.24) is 5.16 Å². The summed E-state index contributed by atoms with van der Waals surface area (Å²) in [5.41, 5.74) is 0.802. The van der Waals surface area contributed by atoms with Crippen LogP contribution in [0.2, 0.25) is 0 Å². The minimum absolute atomic E-state index is 0.125. The van der Waals surface area contributed by atoms with Crippen LogP contribution in [-0.2, 0) is 4.74 Å². The van der Waals surface area contributed by atoms with Gasteiger partial charge in [-0.15, -0.1) is 0 Å². The SMILES string of the molecule is CCOC(=O)c1cc(-c2ccc(OC)cc2OC)on1. The first kappa shape index (κ1) is 13.9. The van der Waals surface area contributed by atoms with E-state index in [1.54, 1.807) is 39.3 Å². The van der Waals surface area contributed by atoms with Gasteiger partial charge in [0.05, 0.1) is 26.4 Å². The van der Waals surface area contributed by atoms with Gasteiger partial charge < -0.3 is 18.7 Å². The van der Waals surface area contributed by atoms with Gasteiger partial charge in [0.25, 0.3) is 0 Å². The Bertz CT molecular complexity index is 605. The molecule has 6 heteroatoms. The topological polar surface area (TPSA) is 70.8 Å². The summed E-state index contributed by atoms with van der Waals surface area (Å²) >= 11 is 0. The molecule has 106 valence electrons. The molecule has 20 heavy (non-hydrogen) atoms. The van der Waals surface area contributed by atoms with Crippen LogP contribution in [0.5, 0.6) is 11.5 Å². The first-order valence-electron chi connectivity index (χ1n) is 6.05. The Kier molecular flexibility index (Phi) is 4.24. The van der Waals surface area contributed by atoms with Crippen LogP contribution in [0.25, 0.3) is 11.3 Å². The van der Waals surface area contributed by atoms with Gasteiger partial charge in [-0.25, -0.2) is 4.79 Å². The fourth-order valence-corrected chi connectivity index (χ4v) is 1.71. The molecule has 0 unspecified atom stereocenters. The minimum atomic E-state index is -0.519. The van der Waals surface area contributed by atoms with Crippen molar-refractivity contribution in [2.75, 3.05) is 20.8 Å². The molecule has 0 spiro atoms. The van der Waals surface area contributed by atoms with Crippen LogP contribution < -0.4 is 9.47 Å². The second-order valence-electron chi connectivity index (χ2n) is 3.86. The third-order valence-electron chi connectivity index (χ3n) is 2.67. The highest BCUT2D eigenvalue weighted by molar-refractivity contribution is 5.88. The Morgan fingerprint density at radius 1 is 1.25 bits per heavy atom. The predicted molar refractivity (Wildman–Crippen MR) is 71.0 cm³/mol. The Hall–Kier alpha value is -2.50. The van der Waals surface area contributed by atoms with Gasteiger partial charge in [0, 0.05) is 12.1 Å². The van der Waals surface area contributed by atoms with Gasteiger partial charge in [-0.3, -0.25) is 0 Å². The number of hydrogen-bond donors (Lipinski definition) is 0. The van der Waals surface area contributed by atoms with Crippen molar-refractivity contribution < 1.29 is 23.5 Å². The maximum atomic E-state index is 11.5. The van der Waals surface area contributed by atoms with E-state index in [0.717, 1.165) is 0 Å². The first-order valence-corrected chi connectivity index (χ1v) is 6.05. The predicted octanol–water partition coefficient (Wildman–Crippen LogP) is 2.54. The molecule has 0 saturated heterocycles. The third-order valence-corrected chi connectivity index (χ3v) is 2.67. The molecule has 0 saturated carbocycles. The van der Waals surface area contributed by atoms with Crippen LogP contribution in [0.1, 0.15) is 17.4 Å². The minimum Gasteiger partial charge on any atom is -0.497 e. The summed E-state index contributed by atoms with van der Waals surface area (Å²) < 4.78 is 20.4. The quantitative estimate of drug-likeness (QED) is 0.782. The lowest BCUT2D eigenvalue weighted by molar-refractivity contribution is 0.0514. The van der Waals surface area contributed by atoms with E-state index in [2.05, 4.69) is 5.16 Å². The molecular weight excluding hydrogens is 262 g/mol. The molecule has 1 aromatic carbocycles. The molecule has 2 aromatic rings. The highest BCUT2D eigenvalue weighted by Gasteiger charge is 2.17. The number of esters is 1. The number of carbonyl (C=O) groups is 1. The second-order valence-corrected chi connectivity index (χ2v) is 3.86. The van der Waals surface area contributed by atoms with Crippen LogP contribution in [0.15, 0.2) is 28.8 Å². The van der Waals surface area contributed by atoms with Crippen molar-refractivity contribution in [3.8, 4) is 22.8 Å². The molecule has 0 radical (unpaired) electrons. The Labute approximate surface area is 116 Å². The van der Waals surface area contributed by atoms with Gasteiger partial charge in [0.1, 0.15) is 11.5 Å². The Balaban J connectivity index is 2.34. The highest BCUT2D eigenvalue weighted by Crippen LogP contribution is 2.33. The molecule has 1 heterocycles. The van der Waals surface area contributed by atoms with E-state index in [4.69, 9.17) is 18.7 Å². The summed E-state index contributed by atoms with van der Waals surface area (Å²) in [5, 5.41) is 3.69. The fraction of sp³-hybridized carbons (Fsp3) is 0.286. The van der Waals surface area contributed by atoms with E-state index in [1.807, 2.05) is 0 Å². The molecule has 0 bridgehead atoms. The summed E-state index contributed by atoms with van der Waals surface area (Å²) in [6.07, 6.45) is 0. The molecule has 0 amide bonds. The van der Waals surface area contributed by atoms with E-state index in [1.165, 1.54) is 6.07 Å². The summed E-state index contributed by atoms with van der Waals surface area (Å²) in [7, 11) is 3.11. The molecular formula is C14H15NO5. The molecule has 0 aliphatic rings. The number of nitrogens with zero attached hydrogens (tertiary/aromatic N) is 1. The van der Waals surface area contributed by atoms with Gasteiger partial charge >= 0.3 is 5.97 Å². The van der Waals surface area contributed by atoms with Crippen molar-refractivity contribution in [3.63, 3.8) is 0 Å². The van der Waals surface area contributed by atoms with Crippen LogP contribution in [-0.4, -0.2) is 32.0 Å². The molecule has 0 N–H and O–H groups in total. The van der Waals surface area contributed by atoms with Crippen LogP contribution in [0.4, 0.5) is 0 Å². The van der Waals surface area contributed by atoms with Gasteiger partial charge in [0.2, 0.25) is 0 Å². The molecule has 1 aromatic heterocycles. The van der Waals surface area contributed by atoms with Crippen LogP contribution >= 0.6 is 0 Å². The average Bonchev–Trinajstić information content (AvgIpc) is 2.96. The van der Waals surface area contributed by atoms with E-state index in [-0.39, 0.29) is 12.3 Å². The van der Waals surface area contributed by atoms with Crippen molar-refractivity contribution in [2.24, 2.45) is 0 Å². The van der Waals surface area contributed by atoms with E-state index >= 15 is 0 Å². The smallest absolute Gasteiger partial charge is 0.360 e. The summed E-state index contributed by atoms with van der Waals surface area (Å²) in [5.74, 6) is 1.13. The zero-order valence-corrected chi connectivity index (χ0v) is 11.5. The molecule has 0 aliphatic carbocycles. The lowest BCUT2D eigenvalue weighted by Gasteiger charge is -2.07. The normalized spacial score (nSPS) is 10.2. The van der Waals surface area contributed by atoms with Crippen molar-refractivity contribution in [1.29, 1.82) is 0 Å². The van der Waals surface area contributed by atoms with Gasteiger partial charge in [-0.05, 0) is 19.1 Å². The van der Waals surface area contributed by atoms with Gasteiger partial charge in [-0.1, -0.05) is 5.16 Å². The number of rotatable bonds is 5. The number of hydrogen-bond acceptors (Lipinski definition) is 6. The van der Waals surface area contributed by atoms with Crippen LogP contribution in [0, 0.1) is 0 Å². The third kappa shape index (κ3) is 2.74. The van der Waals surface area contributed by atoms with E-state index < -0.39 is 5.97 Å². The zero-order valence-electron chi connectivity index (χ0n) is 11.5. The number of carbonyl (C=O) groups excluding carboxylic acids is 1. The van der Waals surface area contributed by atoms with Crippen LogP contribution in [0.3, 0.4) is 0 Å². The maximum absolute atomic E-state index is 11.5. The second kappa shape index (κ2) is 6.10. The van der Waals surface area contributed by atoms with Crippen molar-refractivity contribution in [3.05, 3.63) is 30.0 Å². The van der Waals surface area contributed by atoms with E-state index in [0.29, 0.717) is 22.8 Å². The Morgan fingerprint density at radius 3 is 2.70 bits per heavy atom. The molecule has 0 atom stereocenters. The molecule has 2 rings (SSSR count). The van der Waals surface area contributed by atoms with Crippen molar-refractivity contribution in [2.45, 2.75) is 6.92 Å². The number of benzene rings is 1. The van der Waals surface area contributed by atoms with E-state index in [9.17, 15) is 4.79 Å². The number of aromatic nitrogens is 1. The van der Waals surface area contributed by atoms with Crippen molar-refractivity contribution >= 4 is 5.97 Å². The fourth-order valence-electron chi connectivity index (χ4n) is 1.71. The zero-order chi connectivity index (χ0) is 14.5. The molecule has 6 nitrogen and oxygen atoms in total. The summed E-state index contributed by atoms with van der Waals surface area (Å²) in [4.78, 5) is 11.5. The lowest BCUT2D eigenvalue weighted by Crippen LogP contribution is -2.04. The summed E-state index contributed by atoms with van der Waals surface area (Å²) in [6.45, 7) is 2.01. The number of methoxy groups -OCH3 is 2. The average molecular weight is 277 g/mol. The first-order chi connectivity index (χ1) is 9.69. The highest BCUT2D eigenvalue weighted by atomic mass is 16.5. The number of ether oxygens (including phenoxy) is 3.